The van der Waals surface area contributed by atoms with E-state index < -0.39 is 5.97 Å². The summed E-state index contributed by atoms with van der Waals surface area (Å²) in [5, 5.41) is 27.0. The molecule has 2 N–H and O–H groups in total. The smallest absolute Gasteiger partial charge is 0.337 e. The molecule has 0 aliphatic heterocycles. The number of carbonyl (C=O) groups is 1. The minimum atomic E-state index is -0.968. The van der Waals surface area contributed by atoms with Gasteiger partial charge in [-0.05, 0) is 37.8 Å². The van der Waals surface area contributed by atoms with Gasteiger partial charge in [-0.2, -0.15) is 0 Å². The van der Waals surface area contributed by atoms with E-state index in [0.29, 0.717) is 11.0 Å². The summed E-state index contributed by atoms with van der Waals surface area (Å²) < 4.78 is 1.71. The highest BCUT2D eigenvalue weighted by atomic mass is 16.4. The van der Waals surface area contributed by atoms with E-state index in [0.717, 1.165) is 25.7 Å². The Labute approximate surface area is 109 Å². The van der Waals surface area contributed by atoms with Crippen molar-refractivity contribution in [1.29, 1.82) is 0 Å². The fourth-order valence-corrected chi connectivity index (χ4v) is 2.72. The highest BCUT2D eigenvalue weighted by Crippen LogP contribution is 2.31. The van der Waals surface area contributed by atoms with Crippen LogP contribution in [0.2, 0.25) is 0 Å². The Balaban J connectivity index is 2.06. The lowest BCUT2D eigenvalue weighted by Gasteiger charge is -2.25. The SMILES string of the molecule is O=C(O)c1cccc2nnn(C3CCC(O)CC3)c12. The molecule has 0 radical (unpaired) electrons. The molecule has 0 bridgehead atoms. The van der Waals surface area contributed by atoms with Gasteiger partial charge in [-0.1, -0.05) is 11.3 Å². The number of benzene rings is 1. The molecule has 6 nitrogen and oxygen atoms in total. The van der Waals surface area contributed by atoms with Gasteiger partial charge < -0.3 is 10.2 Å². The maximum atomic E-state index is 11.3. The van der Waals surface area contributed by atoms with E-state index in [4.69, 9.17) is 0 Å². The van der Waals surface area contributed by atoms with Crippen molar-refractivity contribution in [2.75, 3.05) is 0 Å². The number of nitrogens with zero attached hydrogens (tertiary/aromatic N) is 3. The van der Waals surface area contributed by atoms with Crippen LogP contribution in [0.4, 0.5) is 0 Å². The van der Waals surface area contributed by atoms with Gasteiger partial charge in [-0.3, -0.25) is 0 Å². The first-order valence-electron chi connectivity index (χ1n) is 6.42. The summed E-state index contributed by atoms with van der Waals surface area (Å²) in [6, 6.07) is 5.13. The van der Waals surface area contributed by atoms with Crippen molar-refractivity contribution in [3.63, 3.8) is 0 Å². The summed E-state index contributed by atoms with van der Waals surface area (Å²) in [7, 11) is 0. The molecule has 0 spiro atoms. The van der Waals surface area contributed by atoms with Gasteiger partial charge in [0.05, 0.1) is 17.7 Å². The Morgan fingerprint density at radius 3 is 2.68 bits per heavy atom. The van der Waals surface area contributed by atoms with Gasteiger partial charge in [0.2, 0.25) is 0 Å². The Morgan fingerprint density at radius 2 is 2.00 bits per heavy atom. The lowest BCUT2D eigenvalue weighted by atomic mass is 9.93. The van der Waals surface area contributed by atoms with Gasteiger partial charge in [-0.25, -0.2) is 9.48 Å². The number of aliphatic hydroxyl groups is 1. The van der Waals surface area contributed by atoms with E-state index in [2.05, 4.69) is 10.3 Å². The number of aromatic nitrogens is 3. The second kappa shape index (κ2) is 4.62. The van der Waals surface area contributed by atoms with Gasteiger partial charge in [0, 0.05) is 0 Å². The third-order valence-electron chi connectivity index (χ3n) is 3.74. The molecule has 2 aromatic rings. The molecule has 1 aromatic heterocycles. The standard InChI is InChI=1S/C13H15N3O3/c17-9-6-4-8(5-7-9)16-12-10(13(18)19)2-1-3-11(12)14-15-16/h1-3,8-9,17H,4-7H2,(H,18,19). The number of fused-ring (bicyclic) bond motifs is 1. The van der Waals surface area contributed by atoms with Crippen LogP contribution >= 0.6 is 0 Å². The Hall–Kier alpha value is -1.95. The number of aliphatic hydroxyl groups excluding tert-OH is 1. The third-order valence-corrected chi connectivity index (χ3v) is 3.74. The molecule has 1 aromatic carbocycles. The van der Waals surface area contributed by atoms with Crippen LogP contribution in [0, 0.1) is 0 Å². The van der Waals surface area contributed by atoms with Gasteiger partial charge in [0.1, 0.15) is 11.0 Å². The number of rotatable bonds is 2. The predicted molar refractivity (Wildman–Crippen MR) is 68.0 cm³/mol. The van der Waals surface area contributed by atoms with E-state index in [1.807, 2.05) is 0 Å². The number of aromatic carboxylic acids is 1. The average Bonchev–Trinajstić information content (AvgIpc) is 2.83. The fourth-order valence-electron chi connectivity index (χ4n) is 2.72. The Morgan fingerprint density at radius 1 is 1.26 bits per heavy atom. The van der Waals surface area contributed by atoms with Crippen LogP contribution < -0.4 is 0 Å². The van der Waals surface area contributed by atoms with Crippen molar-refractivity contribution in [2.24, 2.45) is 0 Å². The highest BCUT2D eigenvalue weighted by Gasteiger charge is 2.25. The summed E-state index contributed by atoms with van der Waals surface area (Å²) in [5.41, 5.74) is 1.41. The molecule has 100 valence electrons. The molecule has 1 heterocycles. The zero-order valence-electron chi connectivity index (χ0n) is 10.4. The topological polar surface area (TPSA) is 88.2 Å². The van der Waals surface area contributed by atoms with Gasteiger partial charge in [0.25, 0.3) is 0 Å². The van der Waals surface area contributed by atoms with Crippen LogP contribution in [0.25, 0.3) is 11.0 Å². The average molecular weight is 261 g/mol. The molecule has 0 saturated heterocycles. The van der Waals surface area contributed by atoms with Crippen LogP contribution in [0.3, 0.4) is 0 Å². The van der Waals surface area contributed by atoms with E-state index in [-0.39, 0.29) is 17.7 Å². The van der Waals surface area contributed by atoms with E-state index in [1.54, 1.807) is 22.9 Å². The molecule has 6 heteroatoms. The minimum Gasteiger partial charge on any atom is -0.478 e. The number of hydrogen-bond acceptors (Lipinski definition) is 4. The molecular formula is C13H15N3O3. The number of hydrogen-bond donors (Lipinski definition) is 2. The molecule has 1 saturated carbocycles. The van der Waals surface area contributed by atoms with Crippen LogP contribution in [0.15, 0.2) is 18.2 Å². The largest absolute Gasteiger partial charge is 0.478 e. The molecule has 1 aliphatic rings. The summed E-state index contributed by atoms with van der Waals surface area (Å²) in [6.45, 7) is 0. The lowest BCUT2D eigenvalue weighted by Crippen LogP contribution is -2.22. The number of para-hydroxylation sites is 1. The molecule has 3 rings (SSSR count). The van der Waals surface area contributed by atoms with Crippen LogP contribution in [0.1, 0.15) is 42.1 Å². The first-order valence-corrected chi connectivity index (χ1v) is 6.42. The third kappa shape index (κ3) is 2.08. The van der Waals surface area contributed by atoms with Crippen molar-refractivity contribution >= 4 is 17.0 Å². The summed E-state index contributed by atoms with van der Waals surface area (Å²) in [5.74, 6) is -0.968. The van der Waals surface area contributed by atoms with Crippen molar-refractivity contribution in [3.05, 3.63) is 23.8 Å². The quantitative estimate of drug-likeness (QED) is 0.857. The Kier molecular flexibility index (Phi) is 2.94. The number of carboxylic acids is 1. The summed E-state index contributed by atoms with van der Waals surface area (Å²) >= 11 is 0. The molecule has 0 unspecified atom stereocenters. The van der Waals surface area contributed by atoms with E-state index >= 15 is 0 Å². The van der Waals surface area contributed by atoms with Gasteiger partial charge >= 0.3 is 5.97 Å². The second-order valence-corrected chi connectivity index (χ2v) is 4.97. The van der Waals surface area contributed by atoms with Crippen molar-refractivity contribution in [2.45, 2.75) is 37.8 Å². The zero-order chi connectivity index (χ0) is 13.4. The van der Waals surface area contributed by atoms with Gasteiger partial charge in [0.15, 0.2) is 0 Å². The first-order chi connectivity index (χ1) is 9.16. The van der Waals surface area contributed by atoms with Gasteiger partial charge in [-0.15, -0.1) is 5.10 Å². The second-order valence-electron chi connectivity index (χ2n) is 4.97. The minimum absolute atomic E-state index is 0.119. The summed E-state index contributed by atoms with van der Waals surface area (Å²) in [6.07, 6.45) is 2.80. The van der Waals surface area contributed by atoms with Crippen LogP contribution in [0.5, 0.6) is 0 Å². The van der Waals surface area contributed by atoms with Crippen molar-refractivity contribution in [3.8, 4) is 0 Å². The van der Waals surface area contributed by atoms with Crippen LogP contribution in [-0.4, -0.2) is 37.3 Å². The fraction of sp³-hybridized carbons (Fsp3) is 0.462. The van der Waals surface area contributed by atoms with Crippen molar-refractivity contribution < 1.29 is 15.0 Å². The predicted octanol–water partition coefficient (Wildman–Crippen LogP) is 1.61. The molecule has 19 heavy (non-hydrogen) atoms. The molecule has 1 aliphatic carbocycles. The zero-order valence-corrected chi connectivity index (χ0v) is 10.4. The maximum absolute atomic E-state index is 11.3. The Bertz CT molecular complexity index is 615. The maximum Gasteiger partial charge on any atom is 0.337 e. The molecule has 0 atom stereocenters. The molecular weight excluding hydrogens is 246 g/mol. The van der Waals surface area contributed by atoms with Crippen LogP contribution in [-0.2, 0) is 0 Å². The monoisotopic (exact) mass is 261 g/mol. The van der Waals surface area contributed by atoms with E-state index in [1.165, 1.54) is 0 Å². The molecule has 1 fully saturated rings. The van der Waals surface area contributed by atoms with E-state index in [9.17, 15) is 15.0 Å². The highest BCUT2D eigenvalue weighted by molar-refractivity contribution is 6.00. The summed E-state index contributed by atoms with van der Waals surface area (Å²) in [4.78, 5) is 11.3. The van der Waals surface area contributed by atoms with Crippen molar-refractivity contribution in [1.82, 2.24) is 15.0 Å². The lowest BCUT2D eigenvalue weighted by molar-refractivity contribution is 0.0697. The molecule has 0 amide bonds. The normalized spacial score (nSPS) is 23.6. The number of carboxylic acid groups (broad SMARTS) is 1. The first kappa shape index (κ1) is 12.1.